The number of piperazine rings is 1. The molecule has 0 saturated carbocycles. The maximum Gasteiger partial charge on any atom is 0.265 e. The van der Waals surface area contributed by atoms with Crippen molar-refractivity contribution in [3.63, 3.8) is 0 Å². The number of aromatic hydroxyl groups is 1. The van der Waals surface area contributed by atoms with Crippen LogP contribution in [0.3, 0.4) is 0 Å². The number of likely N-dealkylation sites (N-methyl/N-ethyl adjacent to an activating group) is 1. The number of anilines is 2. The lowest BCUT2D eigenvalue weighted by atomic mass is 9.92. The molecule has 55 heavy (non-hydrogen) atoms. The Morgan fingerprint density at radius 3 is 2.11 bits per heavy atom. The Morgan fingerprint density at radius 1 is 0.745 bits per heavy atom. The molecule has 5 aromatic carbocycles. The van der Waals surface area contributed by atoms with Gasteiger partial charge in [0.2, 0.25) is 0 Å². The summed E-state index contributed by atoms with van der Waals surface area (Å²) in [6.07, 6.45) is 2.57. The molecule has 10 nitrogen and oxygen atoms in total. The Labute approximate surface area is 321 Å². The summed E-state index contributed by atoms with van der Waals surface area (Å²) >= 11 is 0. The number of methoxy groups -OCH3 is 2. The van der Waals surface area contributed by atoms with E-state index in [1.807, 2.05) is 82.4 Å². The van der Waals surface area contributed by atoms with Gasteiger partial charge in [-0.25, -0.2) is 0 Å². The van der Waals surface area contributed by atoms with Crippen molar-refractivity contribution in [2.24, 2.45) is 0 Å². The highest BCUT2D eigenvalue weighted by Gasteiger charge is 2.35. The molecule has 1 atom stereocenters. The van der Waals surface area contributed by atoms with Crippen LogP contribution in [0.15, 0.2) is 121 Å². The predicted octanol–water partition coefficient (Wildman–Crippen LogP) is 7.15. The fourth-order valence-corrected chi connectivity index (χ4v) is 7.94. The SMILES string of the molecule is COc1cc(C(=O)N2Cc3ccccc3C[C@H]2CN2CCN(C)CC2)c(-n2cc(C(=O)N(c3ccccc3)c3ccc(O)cc3)c3ccccc32)cc1OC. The van der Waals surface area contributed by atoms with Crippen molar-refractivity contribution in [2.45, 2.75) is 19.0 Å². The predicted molar refractivity (Wildman–Crippen MR) is 215 cm³/mol. The van der Waals surface area contributed by atoms with Gasteiger partial charge in [-0.15, -0.1) is 0 Å². The van der Waals surface area contributed by atoms with E-state index in [2.05, 4.69) is 35.0 Å². The molecule has 2 aliphatic rings. The van der Waals surface area contributed by atoms with Gasteiger partial charge in [0.15, 0.2) is 11.5 Å². The van der Waals surface area contributed by atoms with Crippen LogP contribution in [0, 0.1) is 0 Å². The van der Waals surface area contributed by atoms with Crippen LogP contribution in [0.5, 0.6) is 17.2 Å². The molecule has 1 N–H and O–H groups in total. The van der Waals surface area contributed by atoms with Gasteiger partial charge in [-0.05, 0) is 73.1 Å². The quantitative estimate of drug-likeness (QED) is 0.169. The monoisotopic (exact) mass is 735 g/mol. The van der Waals surface area contributed by atoms with E-state index < -0.39 is 0 Å². The second kappa shape index (κ2) is 15.3. The van der Waals surface area contributed by atoms with Gasteiger partial charge in [-0.3, -0.25) is 19.4 Å². The van der Waals surface area contributed by atoms with Crippen molar-refractivity contribution in [1.82, 2.24) is 19.3 Å². The van der Waals surface area contributed by atoms with E-state index in [-0.39, 0.29) is 23.6 Å². The number of phenols is 1. The van der Waals surface area contributed by atoms with Crippen LogP contribution in [-0.4, -0.2) is 96.2 Å². The van der Waals surface area contributed by atoms with Gasteiger partial charge in [0.05, 0.1) is 36.6 Å². The Bertz CT molecular complexity index is 2330. The van der Waals surface area contributed by atoms with Crippen molar-refractivity contribution in [3.05, 3.63) is 144 Å². The molecule has 280 valence electrons. The summed E-state index contributed by atoms with van der Waals surface area (Å²) in [6.45, 7) is 5.15. The van der Waals surface area contributed by atoms with Crippen molar-refractivity contribution in [2.75, 3.05) is 58.9 Å². The average Bonchev–Trinajstić information content (AvgIpc) is 3.61. The van der Waals surface area contributed by atoms with Crippen LogP contribution in [0.1, 0.15) is 31.8 Å². The number of hydrogen-bond acceptors (Lipinski definition) is 7. The van der Waals surface area contributed by atoms with Crippen LogP contribution in [-0.2, 0) is 13.0 Å². The van der Waals surface area contributed by atoms with Crippen molar-refractivity contribution in [3.8, 4) is 22.9 Å². The Balaban J connectivity index is 1.25. The molecule has 0 radical (unpaired) electrons. The van der Waals surface area contributed by atoms with Gasteiger partial charge in [0.25, 0.3) is 11.8 Å². The first kappa shape index (κ1) is 35.9. The van der Waals surface area contributed by atoms with Crippen LogP contribution in [0.2, 0.25) is 0 Å². The van der Waals surface area contributed by atoms with E-state index >= 15 is 4.79 Å². The van der Waals surface area contributed by atoms with Gasteiger partial charge in [0.1, 0.15) is 5.75 Å². The Hall–Kier alpha value is -6.10. The first-order chi connectivity index (χ1) is 26.8. The number of hydrogen-bond donors (Lipinski definition) is 1. The number of aromatic nitrogens is 1. The van der Waals surface area contributed by atoms with E-state index in [1.54, 1.807) is 49.5 Å². The van der Waals surface area contributed by atoms with Gasteiger partial charge in [-0.2, -0.15) is 0 Å². The van der Waals surface area contributed by atoms with Crippen molar-refractivity contribution >= 4 is 34.1 Å². The summed E-state index contributed by atoms with van der Waals surface area (Å²) < 4.78 is 13.5. The molecule has 1 fully saturated rings. The highest BCUT2D eigenvalue weighted by atomic mass is 16.5. The number of carbonyl (C=O) groups is 2. The van der Waals surface area contributed by atoms with Crippen molar-refractivity contribution in [1.29, 1.82) is 0 Å². The second-order valence-corrected chi connectivity index (χ2v) is 14.3. The number of phenolic OH excluding ortho intramolecular Hbond substituents is 1. The minimum absolute atomic E-state index is 0.0463. The fraction of sp³-hybridized carbons (Fsp3) is 0.244. The lowest BCUT2D eigenvalue weighted by Gasteiger charge is -2.41. The number of nitrogens with zero attached hydrogens (tertiary/aromatic N) is 5. The first-order valence-electron chi connectivity index (χ1n) is 18.7. The number of amides is 2. The number of carbonyl (C=O) groups excluding carboxylic acids is 2. The standard InChI is InChI=1S/C45H45N5O5/c1-46-21-23-47(24-22-46)29-35-25-31-11-7-8-12-32(31)28-48(35)44(52)38-26-42(54-2)43(55-3)27-41(38)49-30-39(37-15-9-10-16-40(37)49)45(53)50(33-13-5-4-6-14-33)34-17-19-36(51)20-18-34/h4-20,26-27,30,35,51H,21-25,28-29H2,1-3H3/t35-/m0/s1. The lowest BCUT2D eigenvalue weighted by molar-refractivity contribution is 0.0535. The number of fused-ring (bicyclic) bond motifs is 2. The molecule has 0 unspecified atom stereocenters. The zero-order valence-corrected chi connectivity index (χ0v) is 31.4. The zero-order valence-electron chi connectivity index (χ0n) is 31.4. The first-order valence-corrected chi connectivity index (χ1v) is 18.7. The third kappa shape index (κ3) is 7.02. The third-order valence-corrected chi connectivity index (χ3v) is 10.9. The molecule has 0 bridgehead atoms. The van der Waals surface area contributed by atoms with Crippen LogP contribution in [0.25, 0.3) is 16.6 Å². The number of para-hydroxylation sites is 2. The molecule has 0 aliphatic carbocycles. The van der Waals surface area contributed by atoms with E-state index in [0.717, 1.165) is 55.6 Å². The van der Waals surface area contributed by atoms with E-state index in [0.29, 0.717) is 46.2 Å². The van der Waals surface area contributed by atoms with E-state index in [9.17, 15) is 9.90 Å². The largest absolute Gasteiger partial charge is 0.508 e. The van der Waals surface area contributed by atoms with Gasteiger partial charge in [-0.1, -0.05) is 60.7 Å². The molecule has 2 aliphatic heterocycles. The molecule has 1 aromatic heterocycles. The summed E-state index contributed by atoms with van der Waals surface area (Å²) in [7, 11) is 5.30. The Kier molecular flexibility index (Phi) is 10.0. The minimum Gasteiger partial charge on any atom is -0.508 e. The van der Waals surface area contributed by atoms with E-state index in [1.165, 1.54) is 5.56 Å². The third-order valence-electron chi connectivity index (χ3n) is 10.9. The summed E-state index contributed by atoms with van der Waals surface area (Å²) in [6, 6.07) is 35.7. The van der Waals surface area contributed by atoms with Gasteiger partial charge >= 0.3 is 0 Å². The normalized spacial score (nSPS) is 16.1. The highest BCUT2D eigenvalue weighted by molar-refractivity contribution is 6.17. The second-order valence-electron chi connectivity index (χ2n) is 14.3. The smallest absolute Gasteiger partial charge is 0.265 e. The van der Waals surface area contributed by atoms with E-state index in [4.69, 9.17) is 9.47 Å². The molecule has 10 heteroatoms. The summed E-state index contributed by atoms with van der Waals surface area (Å²) in [5, 5.41) is 10.8. The maximum absolute atomic E-state index is 15.3. The van der Waals surface area contributed by atoms with Crippen molar-refractivity contribution < 1.29 is 24.2 Å². The highest BCUT2D eigenvalue weighted by Crippen LogP contribution is 2.38. The van der Waals surface area contributed by atoms with Crippen LogP contribution in [0.4, 0.5) is 11.4 Å². The van der Waals surface area contributed by atoms with Crippen LogP contribution >= 0.6 is 0 Å². The topological polar surface area (TPSA) is 90.7 Å². The molecule has 3 heterocycles. The molecular weight excluding hydrogens is 691 g/mol. The summed E-state index contributed by atoms with van der Waals surface area (Å²) in [5.41, 5.74) is 5.91. The molecule has 1 saturated heterocycles. The Morgan fingerprint density at radius 2 is 1.38 bits per heavy atom. The fourth-order valence-electron chi connectivity index (χ4n) is 7.94. The van der Waals surface area contributed by atoms with Gasteiger partial charge in [0, 0.05) is 74.3 Å². The molecular formula is C45H45N5O5. The number of rotatable bonds is 9. The zero-order chi connectivity index (χ0) is 38.1. The van der Waals surface area contributed by atoms with Crippen LogP contribution < -0.4 is 14.4 Å². The average molecular weight is 736 g/mol. The molecule has 0 spiro atoms. The number of ether oxygens (including phenoxy) is 2. The molecule has 6 aromatic rings. The van der Waals surface area contributed by atoms with Gasteiger partial charge < -0.3 is 28.9 Å². The summed E-state index contributed by atoms with van der Waals surface area (Å²) in [4.78, 5) is 38.6. The minimum atomic E-state index is -0.264. The molecule has 8 rings (SSSR count). The number of benzene rings is 5. The molecule has 2 amide bonds. The summed E-state index contributed by atoms with van der Waals surface area (Å²) in [5.74, 6) is 0.630. The maximum atomic E-state index is 15.3. The lowest BCUT2D eigenvalue weighted by Crippen LogP contribution is -2.53.